The van der Waals surface area contributed by atoms with Crippen LogP contribution in [0.2, 0.25) is 0 Å². The van der Waals surface area contributed by atoms with Crippen LogP contribution in [-0.2, 0) is 11.8 Å². The van der Waals surface area contributed by atoms with Crippen LogP contribution in [0.25, 0.3) is 0 Å². The van der Waals surface area contributed by atoms with Gasteiger partial charge in [0.15, 0.2) is 0 Å². The Hall–Kier alpha value is -1.89. The van der Waals surface area contributed by atoms with Gasteiger partial charge >= 0.3 is 5.97 Å². The van der Waals surface area contributed by atoms with E-state index in [0.717, 1.165) is 6.54 Å². The molecule has 3 aliphatic rings. The topological polar surface area (TPSA) is 78.7 Å². The Bertz CT molecular complexity index is 682. The zero-order valence-electron chi connectivity index (χ0n) is 14.7. The Balaban J connectivity index is 1.51. The molecule has 3 heterocycles. The summed E-state index contributed by atoms with van der Waals surface area (Å²) >= 11 is 0. The van der Waals surface area contributed by atoms with Crippen molar-refractivity contribution in [2.24, 2.45) is 18.4 Å². The molecule has 2 atom stereocenters. The molecule has 136 valence electrons. The van der Waals surface area contributed by atoms with E-state index < -0.39 is 11.4 Å². The van der Waals surface area contributed by atoms with Crippen LogP contribution in [0.1, 0.15) is 42.6 Å². The third-order valence-electron chi connectivity index (χ3n) is 6.37. The lowest BCUT2D eigenvalue weighted by Gasteiger charge is -2.33. The van der Waals surface area contributed by atoms with E-state index >= 15 is 0 Å². The van der Waals surface area contributed by atoms with Crippen LogP contribution >= 0.6 is 0 Å². The van der Waals surface area contributed by atoms with E-state index in [-0.39, 0.29) is 11.8 Å². The summed E-state index contributed by atoms with van der Waals surface area (Å²) < 4.78 is 1.60. The summed E-state index contributed by atoms with van der Waals surface area (Å²) in [7, 11) is 1.77. The number of aryl methyl sites for hydroxylation is 1. The predicted molar refractivity (Wildman–Crippen MR) is 91.1 cm³/mol. The first-order chi connectivity index (χ1) is 12.0. The molecule has 0 spiro atoms. The van der Waals surface area contributed by atoms with E-state index in [1.54, 1.807) is 28.9 Å². The van der Waals surface area contributed by atoms with Gasteiger partial charge in [0.1, 0.15) is 11.1 Å². The van der Waals surface area contributed by atoms with E-state index in [1.807, 2.05) is 0 Å². The smallest absolute Gasteiger partial charge is 0.313 e. The van der Waals surface area contributed by atoms with Gasteiger partial charge in [-0.25, -0.2) is 0 Å². The maximum atomic E-state index is 12.7. The highest BCUT2D eigenvalue weighted by molar-refractivity contribution is 5.93. The number of hydrogen-bond acceptors (Lipinski definition) is 4. The van der Waals surface area contributed by atoms with Crippen LogP contribution in [0, 0.1) is 11.3 Å². The summed E-state index contributed by atoms with van der Waals surface area (Å²) in [5.41, 5.74) is -0.422. The summed E-state index contributed by atoms with van der Waals surface area (Å²) in [5.74, 6) is -0.897. The van der Waals surface area contributed by atoms with Gasteiger partial charge in [-0.3, -0.25) is 19.2 Å². The lowest BCUT2D eigenvalue weighted by molar-refractivity contribution is -0.148. The number of amides is 1. The highest BCUT2D eigenvalue weighted by atomic mass is 16.4. The monoisotopic (exact) mass is 346 g/mol. The van der Waals surface area contributed by atoms with Gasteiger partial charge in [-0.05, 0) is 18.9 Å². The Kier molecular flexibility index (Phi) is 4.06. The number of aromatic nitrogens is 2. The molecule has 4 rings (SSSR count). The van der Waals surface area contributed by atoms with Gasteiger partial charge in [0.2, 0.25) is 0 Å². The van der Waals surface area contributed by atoms with Crippen molar-refractivity contribution in [1.29, 1.82) is 0 Å². The number of carbonyl (C=O) groups is 2. The summed E-state index contributed by atoms with van der Waals surface area (Å²) in [6.07, 6.45) is 7.89. The van der Waals surface area contributed by atoms with Crippen molar-refractivity contribution >= 4 is 11.9 Å². The minimum Gasteiger partial charge on any atom is -0.481 e. The molecule has 2 saturated heterocycles. The van der Waals surface area contributed by atoms with Crippen LogP contribution in [0.3, 0.4) is 0 Å². The molecule has 7 nitrogen and oxygen atoms in total. The van der Waals surface area contributed by atoms with Crippen molar-refractivity contribution in [3.8, 4) is 0 Å². The van der Waals surface area contributed by atoms with Crippen molar-refractivity contribution in [3.05, 3.63) is 18.0 Å². The second kappa shape index (κ2) is 6.12. The van der Waals surface area contributed by atoms with E-state index in [4.69, 9.17) is 0 Å². The summed E-state index contributed by atoms with van der Waals surface area (Å²) in [6, 6.07) is 2.22. The molecule has 0 radical (unpaired) electrons. The molecule has 1 amide bonds. The predicted octanol–water partition coefficient (Wildman–Crippen LogP) is 1.21. The molecule has 1 saturated carbocycles. The molecule has 1 aromatic rings. The van der Waals surface area contributed by atoms with E-state index in [1.165, 1.54) is 32.1 Å². The Morgan fingerprint density at radius 2 is 1.96 bits per heavy atom. The number of rotatable bonds is 3. The highest BCUT2D eigenvalue weighted by Gasteiger charge is 2.59. The third-order valence-corrected chi connectivity index (χ3v) is 6.37. The summed E-state index contributed by atoms with van der Waals surface area (Å²) in [6.45, 7) is 2.18. The molecular weight excluding hydrogens is 320 g/mol. The molecule has 3 fully saturated rings. The minimum atomic E-state index is -0.818. The van der Waals surface area contributed by atoms with Gasteiger partial charge in [0.25, 0.3) is 5.91 Å². The van der Waals surface area contributed by atoms with Gasteiger partial charge in [0, 0.05) is 51.4 Å². The quantitative estimate of drug-likeness (QED) is 0.890. The zero-order chi connectivity index (χ0) is 17.6. The first-order valence-electron chi connectivity index (χ1n) is 9.26. The van der Waals surface area contributed by atoms with Gasteiger partial charge in [-0.15, -0.1) is 0 Å². The van der Waals surface area contributed by atoms with Crippen LogP contribution < -0.4 is 0 Å². The van der Waals surface area contributed by atoms with Crippen LogP contribution in [-0.4, -0.2) is 68.8 Å². The SMILES string of the molecule is Cn1ccc(C(=O)N2C[C@H]3CN(C4CCCCC4)C[C@@]3(C(=O)O)C2)n1. The van der Waals surface area contributed by atoms with Crippen molar-refractivity contribution in [2.45, 2.75) is 38.1 Å². The number of carbonyl (C=O) groups excluding carboxylic acids is 1. The maximum Gasteiger partial charge on any atom is 0.313 e. The number of fused-ring (bicyclic) bond motifs is 1. The van der Waals surface area contributed by atoms with Gasteiger partial charge in [-0.2, -0.15) is 5.10 Å². The number of hydrogen-bond donors (Lipinski definition) is 1. The average Bonchev–Trinajstić information content (AvgIpc) is 3.27. The zero-order valence-corrected chi connectivity index (χ0v) is 14.7. The summed E-state index contributed by atoms with van der Waals surface area (Å²) in [5, 5.41) is 14.2. The van der Waals surface area contributed by atoms with E-state index in [0.29, 0.717) is 31.4 Å². The number of carboxylic acids is 1. The number of likely N-dealkylation sites (tertiary alicyclic amines) is 2. The molecule has 0 bridgehead atoms. The molecule has 1 aromatic heterocycles. The molecule has 2 aliphatic heterocycles. The molecule has 7 heteroatoms. The highest BCUT2D eigenvalue weighted by Crippen LogP contribution is 2.45. The fourth-order valence-corrected chi connectivity index (χ4v) is 4.98. The molecule has 25 heavy (non-hydrogen) atoms. The van der Waals surface area contributed by atoms with Crippen LogP contribution in [0.5, 0.6) is 0 Å². The Morgan fingerprint density at radius 1 is 1.20 bits per heavy atom. The van der Waals surface area contributed by atoms with E-state index in [9.17, 15) is 14.7 Å². The molecule has 0 aromatic carbocycles. The summed E-state index contributed by atoms with van der Waals surface area (Å²) in [4.78, 5) is 28.9. The lowest BCUT2D eigenvalue weighted by atomic mass is 9.81. The number of aliphatic carboxylic acids is 1. The molecule has 1 aliphatic carbocycles. The largest absolute Gasteiger partial charge is 0.481 e. The van der Waals surface area contributed by atoms with Crippen molar-refractivity contribution in [2.75, 3.05) is 26.2 Å². The second-order valence-electron chi connectivity index (χ2n) is 7.94. The molecular formula is C18H26N4O3. The van der Waals surface area contributed by atoms with Crippen molar-refractivity contribution in [1.82, 2.24) is 19.6 Å². The molecule has 0 unspecified atom stereocenters. The van der Waals surface area contributed by atoms with Crippen molar-refractivity contribution < 1.29 is 14.7 Å². The Labute approximate surface area is 147 Å². The van der Waals surface area contributed by atoms with Gasteiger partial charge in [0.05, 0.1) is 0 Å². The third kappa shape index (κ3) is 2.74. The lowest BCUT2D eigenvalue weighted by Crippen LogP contribution is -2.44. The van der Waals surface area contributed by atoms with Gasteiger partial charge < -0.3 is 10.0 Å². The minimum absolute atomic E-state index is 0.0135. The normalized spacial score (nSPS) is 30.6. The van der Waals surface area contributed by atoms with Crippen LogP contribution in [0.4, 0.5) is 0 Å². The second-order valence-corrected chi connectivity index (χ2v) is 7.94. The fraction of sp³-hybridized carbons (Fsp3) is 0.722. The average molecular weight is 346 g/mol. The standard InChI is InChI=1S/C18H26N4O3/c1-20-8-7-15(19-20)16(23)22-10-13-9-21(14-5-3-2-4-6-14)11-18(13,12-22)17(24)25/h7-8,13-14H,2-6,9-12H2,1H3,(H,24,25)/t13-,18-/m1/s1. The van der Waals surface area contributed by atoms with Crippen LogP contribution in [0.15, 0.2) is 12.3 Å². The maximum absolute atomic E-state index is 12.7. The fourth-order valence-electron chi connectivity index (χ4n) is 4.98. The van der Waals surface area contributed by atoms with E-state index in [2.05, 4.69) is 10.00 Å². The Morgan fingerprint density at radius 3 is 2.56 bits per heavy atom. The first-order valence-corrected chi connectivity index (χ1v) is 9.26. The molecule has 1 N–H and O–H groups in total. The van der Waals surface area contributed by atoms with Crippen molar-refractivity contribution in [3.63, 3.8) is 0 Å². The number of carboxylic acid groups (broad SMARTS) is 1. The van der Waals surface area contributed by atoms with Gasteiger partial charge in [-0.1, -0.05) is 19.3 Å². The first kappa shape index (κ1) is 16.6. The number of nitrogens with zero attached hydrogens (tertiary/aromatic N) is 4.